The number of aryl methyl sites for hydroxylation is 1. The SMILES string of the molecule is CCc1c(F)ccc2cc(OCOC)cc(-c3nc4c5c(nc(OCC6(CO)CC6)nc5c3F)N3C[C@H]5CC[C@@H]([C@H]3CO4)N5C(=O)OC(C)(C)C)c12. The number of carbonyl (C=O) groups is 1. The van der Waals surface area contributed by atoms with E-state index in [1.54, 1.807) is 18.2 Å². The first kappa shape index (κ1) is 34.5. The number of rotatable bonds is 9. The van der Waals surface area contributed by atoms with Crippen molar-refractivity contribution in [2.45, 2.75) is 83.5 Å². The Morgan fingerprint density at radius 1 is 1.08 bits per heavy atom. The summed E-state index contributed by atoms with van der Waals surface area (Å²) in [5, 5.41) is 11.4. The van der Waals surface area contributed by atoms with Crippen LogP contribution in [0.4, 0.5) is 19.4 Å². The number of fused-ring (bicyclic) bond motifs is 6. The highest BCUT2D eigenvalue weighted by atomic mass is 19.1. The Labute approximate surface area is 300 Å². The van der Waals surface area contributed by atoms with Crippen LogP contribution in [0.1, 0.15) is 58.9 Å². The van der Waals surface area contributed by atoms with Crippen molar-refractivity contribution in [3.05, 3.63) is 41.5 Å². The minimum atomic E-state index is -0.760. The summed E-state index contributed by atoms with van der Waals surface area (Å²) in [6.45, 7) is 7.96. The number of anilines is 1. The third kappa shape index (κ3) is 5.89. The first-order valence-electron chi connectivity index (χ1n) is 17.9. The summed E-state index contributed by atoms with van der Waals surface area (Å²) in [5.41, 5.74) is -0.515. The molecule has 1 N–H and O–H groups in total. The molecule has 52 heavy (non-hydrogen) atoms. The van der Waals surface area contributed by atoms with Gasteiger partial charge in [-0.3, -0.25) is 4.90 Å². The first-order chi connectivity index (χ1) is 24.9. The minimum Gasteiger partial charge on any atom is -0.475 e. The Balaban J connectivity index is 1.31. The molecule has 3 fully saturated rings. The van der Waals surface area contributed by atoms with Gasteiger partial charge in [0.05, 0.1) is 31.3 Å². The van der Waals surface area contributed by atoms with Crippen LogP contribution < -0.4 is 19.1 Å². The van der Waals surface area contributed by atoms with Gasteiger partial charge in [0.15, 0.2) is 12.6 Å². The molecule has 14 heteroatoms. The second-order valence-corrected chi connectivity index (χ2v) is 15.3. The van der Waals surface area contributed by atoms with Gasteiger partial charge in [-0.25, -0.2) is 18.6 Å². The van der Waals surface area contributed by atoms with Crippen LogP contribution in [0.5, 0.6) is 17.6 Å². The number of benzene rings is 2. The fourth-order valence-corrected chi connectivity index (χ4v) is 7.88. The van der Waals surface area contributed by atoms with Gasteiger partial charge < -0.3 is 33.7 Å². The van der Waals surface area contributed by atoms with E-state index in [1.807, 2.05) is 32.6 Å². The van der Waals surface area contributed by atoms with E-state index in [1.165, 1.54) is 13.2 Å². The van der Waals surface area contributed by atoms with E-state index in [2.05, 4.69) is 9.88 Å². The van der Waals surface area contributed by atoms with Crippen LogP contribution in [0, 0.1) is 17.0 Å². The van der Waals surface area contributed by atoms with Gasteiger partial charge in [-0.15, -0.1) is 0 Å². The third-order valence-corrected chi connectivity index (χ3v) is 10.7. The zero-order chi connectivity index (χ0) is 36.5. The Hall–Kier alpha value is -4.56. The number of carbonyl (C=O) groups excluding carboxylic acids is 1. The Morgan fingerprint density at radius 2 is 1.88 bits per heavy atom. The Bertz CT molecular complexity index is 2070. The molecule has 0 radical (unpaired) electrons. The molecule has 1 aliphatic carbocycles. The molecule has 0 spiro atoms. The number of methoxy groups -OCH3 is 1. The first-order valence-corrected chi connectivity index (χ1v) is 17.9. The normalized spacial score (nSPS) is 21.5. The van der Waals surface area contributed by atoms with Crippen molar-refractivity contribution >= 4 is 33.6 Å². The van der Waals surface area contributed by atoms with Gasteiger partial charge in [-0.05, 0) is 87.4 Å². The van der Waals surface area contributed by atoms with E-state index in [4.69, 9.17) is 33.7 Å². The molecular formula is C38H43F2N5O7. The number of aromatic nitrogens is 3. The number of hydrogen-bond donors (Lipinski definition) is 1. The van der Waals surface area contributed by atoms with Crippen LogP contribution in [-0.2, 0) is 15.9 Å². The lowest BCUT2D eigenvalue weighted by molar-refractivity contribution is 0.00537. The predicted molar refractivity (Wildman–Crippen MR) is 188 cm³/mol. The molecule has 12 nitrogen and oxygen atoms in total. The Kier molecular flexibility index (Phi) is 8.52. The number of pyridine rings is 1. The second kappa shape index (κ2) is 12.8. The standard InChI is InChI=1S/C38H43F2N5O7/c1-6-23-25(39)9-7-20-13-22(51-19-48-5)14-24(28(20)23)31-30(40)32-29-33(43-35(42-32)50-18-38(17-46)11-12-38)44-15-21-8-10-26(27(44)16-49-34(29)41-31)45(21)36(47)52-37(2,3)4/h7,9,13-14,21,26-27,46H,6,8,10-12,15-19H2,1-5H3/t21-,26+,27-/m1/s1. The largest absolute Gasteiger partial charge is 0.475 e. The molecule has 1 saturated carbocycles. The number of aliphatic hydroxyl groups excluding tert-OH is 1. The van der Waals surface area contributed by atoms with Gasteiger partial charge in [0.2, 0.25) is 5.88 Å². The van der Waals surface area contributed by atoms with Gasteiger partial charge in [0.1, 0.15) is 46.2 Å². The van der Waals surface area contributed by atoms with Crippen LogP contribution in [0.2, 0.25) is 0 Å². The zero-order valence-corrected chi connectivity index (χ0v) is 30.0. The summed E-state index contributed by atoms with van der Waals surface area (Å²) in [6, 6.07) is 5.55. The minimum absolute atomic E-state index is 0.0448. The van der Waals surface area contributed by atoms with Crippen molar-refractivity contribution in [3.63, 3.8) is 0 Å². The van der Waals surface area contributed by atoms with Crippen molar-refractivity contribution in [2.75, 3.05) is 45.2 Å². The highest BCUT2D eigenvalue weighted by Gasteiger charge is 2.52. The van der Waals surface area contributed by atoms with Crippen molar-refractivity contribution in [1.82, 2.24) is 19.9 Å². The number of ether oxygens (including phenoxy) is 5. The lowest BCUT2D eigenvalue weighted by atomic mass is 9.94. The summed E-state index contributed by atoms with van der Waals surface area (Å²) >= 11 is 0. The van der Waals surface area contributed by atoms with E-state index < -0.39 is 17.2 Å². The molecule has 276 valence electrons. The highest BCUT2D eigenvalue weighted by molar-refractivity contribution is 6.03. The molecule has 5 heterocycles. The third-order valence-electron chi connectivity index (χ3n) is 10.7. The summed E-state index contributed by atoms with van der Waals surface area (Å²) in [5.74, 6) is -0.289. The summed E-state index contributed by atoms with van der Waals surface area (Å²) in [6.07, 6.45) is 3.04. The maximum Gasteiger partial charge on any atom is 0.410 e. The van der Waals surface area contributed by atoms with Crippen LogP contribution in [0.3, 0.4) is 0 Å². The van der Waals surface area contributed by atoms with Crippen molar-refractivity contribution in [3.8, 4) is 28.9 Å². The highest BCUT2D eigenvalue weighted by Crippen LogP contribution is 2.48. The monoisotopic (exact) mass is 719 g/mol. The average Bonchev–Trinajstić information content (AvgIpc) is 3.86. The number of aliphatic hydroxyl groups is 1. The van der Waals surface area contributed by atoms with Crippen LogP contribution in [-0.4, -0.2) is 95.0 Å². The maximum absolute atomic E-state index is 17.4. The number of hydrogen-bond acceptors (Lipinski definition) is 11. The molecular weight excluding hydrogens is 676 g/mol. The van der Waals surface area contributed by atoms with E-state index in [-0.39, 0.29) is 84.7 Å². The van der Waals surface area contributed by atoms with E-state index in [9.17, 15) is 9.90 Å². The Morgan fingerprint density at radius 3 is 2.60 bits per heavy atom. The number of halogens is 2. The molecule has 1 amide bonds. The second-order valence-electron chi connectivity index (χ2n) is 15.3. The van der Waals surface area contributed by atoms with Crippen molar-refractivity contribution in [1.29, 1.82) is 0 Å². The molecule has 8 rings (SSSR count). The molecule has 2 saturated heterocycles. The molecule has 2 bridgehead atoms. The summed E-state index contributed by atoms with van der Waals surface area (Å²) < 4.78 is 62.0. The van der Waals surface area contributed by atoms with E-state index >= 15 is 8.78 Å². The molecule has 0 unspecified atom stereocenters. The fourth-order valence-electron chi connectivity index (χ4n) is 7.88. The van der Waals surface area contributed by atoms with Crippen LogP contribution in [0.25, 0.3) is 32.9 Å². The predicted octanol–water partition coefficient (Wildman–Crippen LogP) is 6.17. The van der Waals surface area contributed by atoms with Crippen LogP contribution in [0.15, 0.2) is 24.3 Å². The molecule has 3 aliphatic heterocycles. The molecule has 4 aliphatic rings. The van der Waals surface area contributed by atoms with Gasteiger partial charge in [-0.1, -0.05) is 13.0 Å². The van der Waals surface area contributed by atoms with Gasteiger partial charge in [-0.2, -0.15) is 9.97 Å². The van der Waals surface area contributed by atoms with Crippen LogP contribution >= 0.6 is 0 Å². The van der Waals surface area contributed by atoms with E-state index in [0.29, 0.717) is 46.4 Å². The topological polar surface area (TPSA) is 129 Å². The summed E-state index contributed by atoms with van der Waals surface area (Å²) in [4.78, 5) is 31.7. The molecule has 3 atom stereocenters. The average molecular weight is 720 g/mol. The molecule has 2 aromatic carbocycles. The number of piperazine rings is 1. The van der Waals surface area contributed by atoms with Gasteiger partial charge in [0.25, 0.3) is 0 Å². The van der Waals surface area contributed by atoms with Gasteiger partial charge >= 0.3 is 12.1 Å². The number of amides is 1. The molecule has 2 aromatic heterocycles. The fraction of sp³-hybridized carbons (Fsp3) is 0.526. The van der Waals surface area contributed by atoms with Crippen molar-refractivity contribution in [2.24, 2.45) is 5.41 Å². The van der Waals surface area contributed by atoms with E-state index in [0.717, 1.165) is 25.7 Å². The molecule has 4 aromatic rings. The maximum atomic E-state index is 17.4. The lowest BCUT2D eigenvalue weighted by Crippen LogP contribution is -2.63. The summed E-state index contributed by atoms with van der Waals surface area (Å²) in [7, 11) is 1.50. The zero-order valence-electron chi connectivity index (χ0n) is 30.0. The smallest absolute Gasteiger partial charge is 0.410 e. The van der Waals surface area contributed by atoms with Crippen molar-refractivity contribution < 1.29 is 42.4 Å². The van der Waals surface area contributed by atoms with Gasteiger partial charge in [0, 0.05) is 24.6 Å². The quantitative estimate of drug-likeness (QED) is 0.200. The lowest BCUT2D eigenvalue weighted by Gasteiger charge is -2.46. The number of nitrogens with zero attached hydrogens (tertiary/aromatic N) is 5.